The highest BCUT2D eigenvalue weighted by Crippen LogP contribution is 2.34. The van der Waals surface area contributed by atoms with Crippen LogP contribution >= 0.6 is 0 Å². The molecule has 0 aromatic heterocycles. The highest BCUT2D eigenvalue weighted by Gasteiger charge is 2.35. The molecule has 19 heavy (non-hydrogen) atoms. The van der Waals surface area contributed by atoms with Gasteiger partial charge in [-0.05, 0) is 12.5 Å². The van der Waals surface area contributed by atoms with Crippen LogP contribution in [0.3, 0.4) is 0 Å². The fourth-order valence-electron chi connectivity index (χ4n) is 1.95. The van der Waals surface area contributed by atoms with Crippen molar-refractivity contribution in [1.29, 1.82) is 0 Å². The van der Waals surface area contributed by atoms with Crippen molar-refractivity contribution in [2.24, 2.45) is 0 Å². The predicted octanol–water partition coefficient (Wildman–Crippen LogP) is 4.85. The number of unbranched alkanes of at least 4 members (excludes halogenated alkanes) is 3. The van der Waals surface area contributed by atoms with E-state index in [0.717, 1.165) is 25.3 Å². The molecule has 1 aromatic rings. The van der Waals surface area contributed by atoms with E-state index in [1.54, 1.807) is 0 Å². The molecular formula is C14H18F4O. The third-order valence-corrected chi connectivity index (χ3v) is 3.02. The molecule has 0 radical (unpaired) electrons. The number of rotatable bonds is 6. The minimum atomic E-state index is -4.73. The van der Waals surface area contributed by atoms with Crippen LogP contribution in [0.1, 0.15) is 56.3 Å². The summed E-state index contributed by atoms with van der Waals surface area (Å²) in [6.45, 7) is 2.03. The summed E-state index contributed by atoms with van der Waals surface area (Å²) >= 11 is 0. The lowest BCUT2D eigenvalue weighted by Gasteiger charge is -2.15. The van der Waals surface area contributed by atoms with Crippen molar-refractivity contribution in [3.63, 3.8) is 0 Å². The minimum Gasteiger partial charge on any atom is -0.388 e. The number of halogens is 4. The molecule has 0 aliphatic rings. The Morgan fingerprint density at radius 3 is 2.42 bits per heavy atom. The van der Waals surface area contributed by atoms with Gasteiger partial charge in [-0.1, -0.05) is 44.7 Å². The summed E-state index contributed by atoms with van der Waals surface area (Å²) in [5.41, 5.74) is -1.59. The maximum atomic E-state index is 13.7. The molecule has 108 valence electrons. The van der Waals surface area contributed by atoms with Crippen molar-refractivity contribution in [2.45, 2.75) is 51.3 Å². The Morgan fingerprint density at radius 1 is 1.16 bits per heavy atom. The Hall–Kier alpha value is -1.10. The summed E-state index contributed by atoms with van der Waals surface area (Å²) in [6.07, 6.45) is -2.07. The monoisotopic (exact) mass is 278 g/mol. The van der Waals surface area contributed by atoms with Gasteiger partial charge in [-0.3, -0.25) is 0 Å². The van der Waals surface area contributed by atoms with Gasteiger partial charge < -0.3 is 5.11 Å². The molecule has 0 fully saturated rings. The third-order valence-electron chi connectivity index (χ3n) is 3.02. The Morgan fingerprint density at radius 2 is 1.84 bits per heavy atom. The molecule has 1 unspecified atom stereocenters. The van der Waals surface area contributed by atoms with Gasteiger partial charge in [0.1, 0.15) is 5.82 Å². The molecule has 0 spiro atoms. The van der Waals surface area contributed by atoms with Gasteiger partial charge in [-0.25, -0.2) is 4.39 Å². The van der Waals surface area contributed by atoms with Crippen LogP contribution < -0.4 is 0 Å². The van der Waals surface area contributed by atoms with Gasteiger partial charge in [0.15, 0.2) is 0 Å². The van der Waals surface area contributed by atoms with E-state index in [0.29, 0.717) is 12.5 Å². The Bertz CT molecular complexity index is 401. The standard InChI is InChI=1S/C14H18F4O/c1-2-3-4-5-9-12(19)10-7-6-8-11(13(10)15)14(16,17)18/h6-8,12,19H,2-5,9H2,1H3. The molecule has 1 atom stereocenters. The van der Waals surface area contributed by atoms with E-state index >= 15 is 0 Å². The number of aliphatic hydroxyl groups is 1. The fraction of sp³-hybridized carbons (Fsp3) is 0.571. The van der Waals surface area contributed by atoms with Gasteiger partial charge in [-0.2, -0.15) is 13.2 Å². The summed E-state index contributed by atoms with van der Waals surface area (Å²) in [4.78, 5) is 0. The van der Waals surface area contributed by atoms with Crippen molar-refractivity contribution < 1.29 is 22.7 Å². The van der Waals surface area contributed by atoms with E-state index in [9.17, 15) is 22.7 Å². The first-order valence-electron chi connectivity index (χ1n) is 6.41. The van der Waals surface area contributed by atoms with Crippen LogP contribution in [0.2, 0.25) is 0 Å². The fourth-order valence-corrected chi connectivity index (χ4v) is 1.95. The maximum Gasteiger partial charge on any atom is 0.419 e. The van der Waals surface area contributed by atoms with Gasteiger partial charge in [0.2, 0.25) is 0 Å². The predicted molar refractivity (Wildman–Crippen MR) is 65.1 cm³/mol. The van der Waals surface area contributed by atoms with Crippen molar-refractivity contribution in [2.75, 3.05) is 0 Å². The molecule has 0 aliphatic carbocycles. The molecule has 5 heteroatoms. The average molecular weight is 278 g/mol. The largest absolute Gasteiger partial charge is 0.419 e. The van der Waals surface area contributed by atoms with Gasteiger partial charge in [-0.15, -0.1) is 0 Å². The van der Waals surface area contributed by atoms with Crippen LogP contribution in [-0.2, 0) is 6.18 Å². The molecule has 1 aromatic carbocycles. The molecule has 0 bridgehead atoms. The van der Waals surface area contributed by atoms with E-state index < -0.39 is 23.7 Å². The smallest absolute Gasteiger partial charge is 0.388 e. The number of benzene rings is 1. The lowest BCUT2D eigenvalue weighted by Crippen LogP contribution is -2.11. The van der Waals surface area contributed by atoms with E-state index in [2.05, 4.69) is 0 Å². The van der Waals surface area contributed by atoms with E-state index in [1.807, 2.05) is 6.92 Å². The van der Waals surface area contributed by atoms with E-state index in [4.69, 9.17) is 0 Å². The first-order chi connectivity index (χ1) is 8.88. The van der Waals surface area contributed by atoms with Crippen LogP contribution in [0.5, 0.6) is 0 Å². The van der Waals surface area contributed by atoms with Gasteiger partial charge in [0.05, 0.1) is 11.7 Å². The second kappa shape index (κ2) is 6.89. The number of alkyl halides is 3. The van der Waals surface area contributed by atoms with Gasteiger partial charge >= 0.3 is 6.18 Å². The average Bonchev–Trinajstić information content (AvgIpc) is 2.33. The van der Waals surface area contributed by atoms with Crippen molar-refractivity contribution in [3.05, 3.63) is 35.1 Å². The quantitative estimate of drug-likeness (QED) is 0.582. The molecule has 0 aliphatic heterocycles. The summed E-state index contributed by atoms with van der Waals surface area (Å²) in [7, 11) is 0. The summed E-state index contributed by atoms with van der Waals surface area (Å²) in [6, 6.07) is 3.01. The normalized spacial score (nSPS) is 13.6. The van der Waals surface area contributed by atoms with Crippen LogP contribution in [0, 0.1) is 5.82 Å². The Labute approximate surface area is 110 Å². The number of hydrogen-bond donors (Lipinski definition) is 1. The highest BCUT2D eigenvalue weighted by atomic mass is 19.4. The first kappa shape index (κ1) is 16.0. The Kier molecular flexibility index (Phi) is 5.79. The van der Waals surface area contributed by atoms with Crippen LogP contribution in [0.25, 0.3) is 0 Å². The maximum absolute atomic E-state index is 13.7. The summed E-state index contributed by atoms with van der Waals surface area (Å²) in [5, 5.41) is 9.78. The molecule has 0 heterocycles. The Balaban J connectivity index is 2.78. The van der Waals surface area contributed by atoms with Crippen LogP contribution in [-0.4, -0.2) is 5.11 Å². The summed E-state index contributed by atoms with van der Waals surface area (Å²) in [5.74, 6) is -1.36. The van der Waals surface area contributed by atoms with Crippen LogP contribution in [0.15, 0.2) is 18.2 Å². The van der Waals surface area contributed by atoms with Gasteiger partial charge in [0.25, 0.3) is 0 Å². The van der Waals surface area contributed by atoms with E-state index in [-0.39, 0.29) is 12.0 Å². The molecule has 0 amide bonds. The molecule has 0 saturated heterocycles. The first-order valence-corrected chi connectivity index (χ1v) is 6.41. The van der Waals surface area contributed by atoms with E-state index in [1.165, 1.54) is 6.07 Å². The number of hydrogen-bond acceptors (Lipinski definition) is 1. The lowest BCUT2D eigenvalue weighted by atomic mass is 10.00. The second-order valence-corrected chi connectivity index (χ2v) is 4.57. The topological polar surface area (TPSA) is 20.2 Å². The molecule has 1 N–H and O–H groups in total. The zero-order chi connectivity index (χ0) is 14.5. The third kappa shape index (κ3) is 4.49. The molecular weight excluding hydrogens is 260 g/mol. The zero-order valence-electron chi connectivity index (χ0n) is 10.8. The van der Waals surface area contributed by atoms with Crippen molar-refractivity contribution in [3.8, 4) is 0 Å². The minimum absolute atomic E-state index is 0.272. The van der Waals surface area contributed by atoms with Crippen molar-refractivity contribution in [1.82, 2.24) is 0 Å². The van der Waals surface area contributed by atoms with Crippen molar-refractivity contribution >= 4 is 0 Å². The van der Waals surface area contributed by atoms with Crippen LogP contribution in [0.4, 0.5) is 17.6 Å². The molecule has 0 saturated carbocycles. The zero-order valence-corrected chi connectivity index (χ0v) is 10.8. The van der Waals surface area contributed by atoms with Gasteiger partial charge in [0, 0.05) is 5.56 Å². The highest BCUT2D eigenvalue weighted by molar-refractivity contribution is 5.29. The lowest BCUT2D eigenvalue weighted by molar-refractivity contribution is -0.140. The summed E-state index contributed by atoms with van der Waals surface area (Å²) < 4.78 is 51.3. The SMILES string of the molecule is CCCCCCC(O)c1cccc(C(F)(F)F)c1F. The second-order valence-electron chi connectivity index (χ2n) is 4.57. The number of aliphatic hydroxyl groups excluding tert-OH is 1. The molecule has 1 rings (SSSR count). The molecule has 1 nitrogen and oxygen atoms in total.